The van der Waals surface area contributed by atoms with Gasteiger partial charge in [-0.25, -0.2) is 9.78 Å². The Morgan fingerprint density at radius 2 is 2.43 bits per heavy atom. The van der Waals surface area contributed by atoms with Gasteiger partial charge in [-0.1, -0.05) is 17.5 Å². The molecule has 0 aliphatic heterocycles. The maximum atomic E-state index is 11.3. The Morgan fingerprint density at radius 3 is 2.93 bits per heavy atom. The molecular weight excluding hydrogens is 202 g/mol. The van der Waals surface area contributed by atoms with Gasteiger partial charge in [0.2, 0.25) is 0 Å². The van der Waals surface area contributed by atoms with Crippen molar-refractivity contribution in [3.63, 3.8) is 0 Å². The first-order valence-corrected chi connectivity index (χ1v) is 4.30. The lowest BCUT2D eigenvalue weighted by Gasteiger charge is -2.05. The molecule has 0 spiro atoms. The number of halogens is 1. The van der Waals surface area contributed by atoms with Crippen molar-refractivity contribution in [1.29, 1.82) is 0 Å². The van der Waals surface area contributed by atoms with Crippen molar-refractivity contribution in [3.8, 4) is 12.3 Å². The predicted octanol–water partition coefficient (Wildman–Crippen LogP) is 1.91. The first-order valence-electron chi connectivity index (χ1n) is 3.92. The molecule has 0 radical (unpaired) electrons. The van der Waals surface area contributed by atoms with Crippen LogP contribution in [-0.2, 0) is 4.74 Å². The minimum absolute atomic E-state index is 0.191. The highest BCUT2D eigenvalue weighted by molar-refractivity contribution is 6.30. The molecule has 1 heterocycles. The van der Waals surface area contributed by atoms with Gasteiger partial charge in [0.1, 0.15) is 5.69 Å². The summed E-state index contributed by atoms with van der Waals surface area (Å²) in [7, 11) is 0. The molecule has 0 aliphatic carbocycles. The quantitative estimate of drug-likeness (QED) is 0.552. The molecule has 3 nitrogen and oxygen atoms in total. The summed E-state index contributed by atoms with van der Waals surface area (Å²) in [5.41, 5.74) is 0.191. The minimum atomic E-state index is -0.556. The summed E-state index contributed by atoms with van der Waals surface area (Å²) in [6.45, 7) is 1.60. The van der Waals surface area contributed by atoms with Crippen LogP contribution in [0.25, 0.3) is 0 Å². The molecule has 1 aromatic rings. The molecular formula is C10H8ClNO2. The molecule has 0 aliphatic rings. The fraction of sp³-hybridized carbons (Fsp3) is 0.200. The molecule has 0 saturated carbocycles. The van der Waals surface area contributed by atoms with Crippen molar-refractivity contribution in [3.05, 3.63) is 29.0 Å². The number of carbonyl (C=O) groups excluding carboxylic acids is 1. The van der Waals surface area contributed by atoms with Gasteiger partial charge in [0.05, 0.1) is 5.02 Å². The zero-order valence-electron chi connectivity index (χ0n) is 7.53. The highest BCUT2D eigenvalue weighted by Crippen LogP contribution is 2.07. The number of hydrogen-bond acceptors (Lipinski definition) is 3. The van der Waals surface area contributed by atoms with Gasteiger partial charge in [0.15, 0.2) is 6.10 Å². The molecule has 14 heavy (non-hydrogen) atoms. The van der Waals surface area contributed by atoms with Crippen LogP contribution in [0, 0.1) is 12.3 Å². The zero-order chi connectivity index (χ0) is 10.6. The normalized spacial score (nSPS) is 11.5. The summed E-state index contributed by atoms with van der Waals surface area (Å²) >= 11 is 5.60. The number of nitrogens with zero attached hydrogens (tertiary/aromatic N) is 1. The van der Waals surface area contributed by atoms with Gasteiger partial charge in [-0.2, -0.15) is 0 Å². The molecule has 1 rings (SSSR count). The minimum Gasteiger partial charge on any atom is -0.445 e. The van der Waals surface area contributed by atoms with Gasteiger partial charge in [0.25, 0.3) is 0 Å². The second-order valence-corrected chi connectivity index (χ2v) is 3.01. The van der Waals surface area contributed by atoms with E-state index >= 15 is 0 Å². The number of carbonyl (C=O) groups is 1. The van der Waals surface area contributed by atoms with Crippen LogP contribution in [0.4, 0.5) is 0 Å². The third kappa shape index (κ3) is 2.75. The van der Waals surface area contributed by atoms with E-state index in [1.54, 1.807) is 13.0 Å². The van der Waals surface area contributed by atoms with Gasteiger partial charge in [-0.3, -0.25) is 0 Å². The lowest BCUT2D eigenvalue weighted by atomic mass is 10.3. The number of terminal acetylenes is 1. The molecule has 0 saturated heterocycles. The van der Waals surface area contributed by atoms with Crippen LogP contribution in [0.1, 0.15) is 17.4 Å². The Labute approximate surface area is 87.1 Å². The maximum absolute atomic E-state index is 11.3. The Kier molecular flexibility index (Phi) is 3.49. The Morgan fingerprint density at radius 1 is 1.71 bits per heavy atom. The highest BCUT2D eigenvalue weighted by atomic mass is 35.5. The fourth-order valence-electron chi connectivity index (χ4n) is 0.752. The first-order chi connectivity index (χ1) is 6.63. The predicted molar refractivity (Wildman–Crippen MR) is 53.0 cm³/mol. The van der Waals surface area contributed by atoms with Crippen LogP contribution in [0.5, 0.6) is 0 Å². The van der Waals surface area contributed by atoms with Crippen LogP contribution >= 0.6 is 11.6 Å². The number of hydrogen-bond donors (Lipinski definition) is 0. The first kappa shape index (κ1) is 10.6. The monoisotopic (exact) mass is 209 g/mol. The standard InChI is InChI=1S/C10H8ClNO2/c1-3-7(2)14-10(13)9-5-4-8(11)6-12-9/h1,4-7H,2H3/t7-/m0/s1. The molecule has 0 bridgehead atoms. The molecule has 4 heteroatoms. The molecule has 1 atom stereocenters. The van der Waals surface area contributed by atoms with E-state index in [4.69, 9.17) is 22.8 Å². The second-order valence-electron chi connectivity index (χ2n) is 2.58. The third-order valence-electron chi connectivity index (χ3n) is 1.46. The molecule has 0 unspecified atom stereocenters. The molecule has 1 aromatic heterocycles. The van der Waals surface area contributed by atoms with Crippen molar-refractivity contribution in [2.24, 2.45) is 0 Å². The SMILES string of the molecule is C#C[C@H](C)OC(=O)c1ccc(Cl)cn1. The van der Waals surface area contributed by atoms with E-state index < -0.39 is 12.1 Å². The summed E-state index contributed by atoms with van der Waals surface area (Å²) in [5.74, 6) is 1.73. The lowest BCUT2D eigenvalue weighted by Crippen LogP contribution is -2.14. The van der Waals surface area contributed by atoms with Crippen molar-refractivity contribution in [2.75, 3.05) is 0 Å². The van der Waals surface area contributed by atoms with E-state index in [0.717, 1.165) is 0 Å². The smallest absolute Gasteiger partial charge is 0.358 e. The van der Waals surface area contributed by atoms with Crippen molar-refractivity contribution in [1.82, 2.24) is 4.98 Å². The van der Waals surface area contributed by atoms with Crippen LogP contribution in [0.2, 0.25) is 5.02 Å². The number of pyridine rings is 1. The number of ether oxygens (including phenoxy) is 1. The van der Waals surface area contributed by atoms with E-state index in [1.165, 1.54) is 12.3 Å². The van der Waals surface area contributed by atoms with Crippen LogP contribution in [0.3, 0.4) is 0 Å². The lowest BCUT2D eigenvalue weighted by molar-refractivity contribution is 0.0432. The van der Waals surface area contributed by atoms with E-state index in [1.807, 2.05) is 0 Å². The second kappa shape index (κ2) is 4.64. The van der Waals surface area contributed by atoms with E-state index in [2.05, 4.69) is 10.9 Å². The van der Waals surface area contributed by atoms with Crippen molar-refractivity contribution >= 4 is 17.6 Å². The Hall–Kier alpha value is -1.53. The van der Waals surface area contributed by atoms with Crippen LogP contribution in [-0.4, -0.2) is 17.1 Å². The highest BCUT2D eigenvalue weighted by Gasteiger charge is 2.10. The summed E-state index contributed by atoms with van der Waals surface area (Å²) in [4.78, 5) is 15.1. The van der Waals surface area contributed by atoms with Crippen molar-refractivity contribution in [2.45, 2.75) is 13.0 Å². The van der Waals surface area contributed by atoms with Gasteiger partial charge < -0.3 is 4.74 Å². The zero-order valence-corrected chi connectivity index (χ0v) is 8.28. The fourth-order valence-corrected chi connectivity index (χ4v) is 0.863. The third-order valence-corrected chi connectivity index (χ3v) is 1.68. The summed E-state index contributed by atoms with van der Waals surface area (Å²) < 4.78 is 4.84. The maximum Gasteiger partial charge on any atom is 0.358 e. The molecule has 0 fully saturated rings. The molecule has 0 N–H and O–H groups in total. The number of rotatable bonds is 2. The summed E-state index contributed by atoms with van der Waals surface area (Å²) in [6.07, 6.45) is 5.87. The number of aromatic nitrogens is 1. The number of esters is 1. The van der Waals surface area contributed by atoms with Gasteiger partial charge in [0, 0.05) is 6.20 Å². The van der Waals surface area contributed by atoms with Gasteiger partial charge >= 0.3 is 5.97 Å². The molecule has 0 amide bonds. The Bertz CT molecular complexity index is 367. The van der Waals surface area contributed by atoms with Crippen molar-refractivity contribution < 1.29 is 9.53 Å². The average Bonchev–Trinajstić information content (AvgIpc) is 2.18. The van der Waals surface area contributed by atoms with Crippen LogP contribution < -0.4 is 0 Å². The van der Waals surface area contributed by atoms with Crippen LogP contribution in [0.15, 0.2) is 18.3 Å². The molecule has 72 valence electrons. The molecule has 0 aromatic carbocycles. The van der Waals surface area contributed by atoms with Gasteiger partial charge in [-0.15, -0.1) is 6.42 Å². The van der Waals surface area contributed by atoms with E-state index in [9.17, 15) is 4.79 Å². The van der Waals surface area contributed by atoms with Gasteiger partial charge in [-0.05, 0) is 19.1 Å². The largest absolute Gasteiger partial charge is 0.445 e. The van der Waals surface area contributed by atoms with E-state index in [-0.39, 0.29) is 5.69 Å². The van der Waals surface area contributed by atoms with E-state index in [0.29, 0.717) is 5.02 Å². The average molecular weight is 210 g/mol. The summed E-state index contributed by atoms with van der Waals surface area (Å²) in [5, 5.41) is 0.464. The topological polar surface area (TPSA) is 39.2 Å². The summed E-state index contributed by atoms with van der Waals surface area (Å²) in [6, 6.07) is 3.04. The Balaban J connectivity index is 2.71.